The fraction of sp³-hybridized carbons (Fsp3) is 0.579. The smallest absolute Gasteiger partial charge is 0.328 e. The maximum atomic E-state index is 14.6. The molecule has 0 bridgehead atoms. The molecule has 3 rings (SSSR count). The average molecular weight is 347 g/mol. The van der Waals surface area contributed by atoms with Gasteiger partial charge in [-0.25, -0.2) is 9.18 Å². The first kappa shape index (κ1) is 17.7. The molecular formula is C19H26FN3O2. The molecule has 0 atom stereocenters. The highest BCUT2D eigenvalue weighted by atomic mass is 19.1. The minimum atomic E-state index is -0.558. The van der Waals surface area contributed by atoms with E-state index in [1.807, 2.05) is 6.07 Å². The molecule has 5 nitrogen and oxygen atoms in total. The monoisotopic (exact) mass is 347 g/mol. The maximum Gasteiger partial charge on any atom is 0.328 e. The molecule has 2 aliphatic rings. The number of nitrogens with zero attached hydrogens (tertiary/aromatic N) is 2. The second kappa shape index (κ2) is 7.42. The van der Waals surface area contributed by atoms with E-state index in [1.54, 1.807) is 6.07 Å². The Morgan fingerprint density at radius 1 is 1.20 bits per heavy atom. The van der Waals surface area contributed by atoms with Gasteiger partial charge in [-0.3, -0.25) is 15.0 Å². The van der Waals surface area contributed by atoms with Crippen LogP contribution >= 0.6 is 0 Å². The minimum Gasteiger partial charge on any atom is -0.371 e. The first-order valence-electron chi connectivity index (χ1n) is 9.10. The first-order valence-corrected chi connectivity index (χ1v) is 9.10. The molecule has 0 unspecified atom stereocenters. The van der Waals surface area contributed by atoms with Crippen molar-refractivity contribution >= 4 is 23.3 Å². The van der Waals surface area contributed by atoms with Gasteiger partial charge in [0.1, 0.15) is 5.82 Å². The Bertz CT molecular complexity index is 654. The molecule has 2 aliphatic heterocycles. The molecule has 0 radical (unpaired) electrons. The zero-order valence-electron chi connectivity index (χ0n) is 14.9. The van der Waals surface area contributed by atoms with Crippen molar-refractivity contribution in [3.63, 3.8) is 0 Å². The third-order valence-corrected chi connectivity index (χ3v) is 5.06. The van der Waals surface area contributed by atoms with Crippen LogP contribution in [0, 0.1) is 17.7 Å². The Labute approximate surface area is 148 Å². The number of rotatable bonds is 4. The Morgan fingerprint density at radius 2 is 1.92 bits per heavy atom. The molecule has 6 heteroatoms. The normalized spacial score (nSPS) is 19.5. The number of anilines is 2. The van der Waals surface area contributed by atoms with Crippen molar-refractivity contribution in [2.24, 2.45) is 11.8 Å². The number of imide groups is 1. The number of benzene rings is 1. The van der Waals surface area contributed by atoms with E-state index < -0.39 is 11.8 Å². The van der Waals surface area contributed by atoms with Crippen LogP contribution in [0.4, 0.5) is 20.6 Å². The maximum absolute atomic E-state index is 14.6. The minimum absolute atomic E-state index is 0.191. The standard InChI is InChI=1S/C19H26FN3O2/c1-13(2)11-14-5-8-22(9-6-14)15-3-4-17(16(20)12-15)23-10-7-18(24)21-19(23)25/h3-4,12-14H,5-11H2,1-2H3,(H,21,24,25). The van der Waals surface area contributed by atoms with Crippen LogP contribution < -0.4 is 15.1 Å². The van der Waals surface area contributed by atoms with Crippen molar-refractivity contribution < 1.29 is 14.0 Å². The Balaban J connectivity index is 1.66. The number of carbonyl (C=O) groups excluding carboxylic acids is 2. The van der Waals surface area contributed by atoms with Crippen molar-refractivity contribution in [3.05, 3.63) is 24.0 Å². The SMILES string of the molecule is CC(C)CC1CCN(c2ccc(N3CCC(=O)NC3=O)c(F)c2)CC1. The van der Waals surface area contributed by atoms with E-state index in [-0.39, 0.29) is 24.6 Å². The van der Waals surface area contributed by atoms with Gasteiger partial charge in [0, 0.05) is 31.7 Å². The molecule has 0 spiro atoms. The molecule has 0 aliphatic carbocycles. The summed E-state index contributed by atoms with van der Waals surface area (Å²) in [5, 5.41) is 2.22. The quantitative estimate of drug-likeness (QED) is 0.906. The summed E-state index contributed by atoms with van der Waals surface area (Å²) in [6.07, 6.45) is 3.72. The van der Waals surface area contributed by atoms with Crippen LogP contribution in [0.15, 0.2) is 18.2 Å². The predicted octanol–water partition coefficient (Wildman–Crippen LogP) is 3.53. The summed E-state index contributed by atoms with van der Waals surface area (Å²) in [5.74, 6) is 0.736. The van der Waals surface area contributed by atoms with Crippen LogP contribution in [0.25, 0.3) is 0 Å². The number of carbonyl (C=O) groups is 2. The molecule has 3 amide bonds. The molecule has 2 fully saturated rings. The van der Waals surface area contributed by atoms with E-state index in [9.17, 15) is 14.0 Å². The number of urea groups is 1. The van der Waals surface area contributed by atoms with Crippen LogP contribution in [-0.4, -0.2) is 31.6 Å². The fourth-order valence-electron chi connectivity index (χ4n) is 3.80. The molecule has 1 aromatic carbocycles. The van der Waals surface area contributed by atoms with E-state index in [2.05, 4.69) is 24.1 Å². The van der Waals surface area contributed by atoms with E-state index in [0.717, 1.165) is 43.5 Å². The Morgan fingerprint density at radius 3 is 2.52 bits per heavy atom. The lowest BCUT2D eigenvalue weighted by atomic mass is 9.88. The van der Waals surface area contributed by atoms with Crippen LogP contribution in [0.2, 0.25) is 0 Å². The number of hydrogen-bond donors (Lipinski definition) is 1. The molecule has 1 N–H and O–H groups in total. The Hall–Kier alpha value is -2.11. The summed E-state index contributed by atoms with van der Waals surface area (Å²) in [7, 11) is 0. The third kappa shape index (κ3) is 4.11. The van der Waals surface area contributed by atoms with Gasteiger partial charge in [-0.2, -0.15) is 0 Å². The zero-order valence-corrected chi connectivity index (χ0v) is 14.9. The number of halogens is 1. The van der Waals surface area contributed by atoms with Gasteiger partial charge in [0.25, 0.3) is 0 Å². The lowest BCUT2D eigenvalue weighted by Crippen LogP contribution is -2.49. The lowest BCUT2D eigenvalue weighted by molar-refractivity contribution is -0.120. The molecule has 136 valence electrons. The van der Waals surface area contributed by atoms with Crippen LogP contribution in [-0.2, 0) is 4.79 Å². The van der Waals surface area contributed by atoms with Gasteiger partial charge in [-0.15, -0.1) is 0 Å². The molecule has 2 heterocycles. The highest BCUT2D eigenvalue weighted by Gasteiger charge is 2.27. The summed E-state index contributed by atoms with van der Waals surface area (Å²) in [6.45, 7) is 6.60. The summed E-state index contributed by atoms with van der Waals surface area (Å²) >= 11 is 0. The summed E-state index contributed by atoms with van der Waals surface area (Å²) < 4.78 is 14.6. The number of amides is 3. The number of piperidine rings is 1. The highest BCUT2D eigenvalue weighted by molar-refractivity contribution is 6.05. The van der Waals surface area contributed by atoms with Gasteiger partial charge in [0.2, 0.25) is 5.91 Å². The van der Waals surface area contributed by atoms with Crippen LogP contribution in [0.3, 0.4) is 0 Å². The van der Waals surface area contributed by atoms with Gasteiger partial charge >= 0.3 is 6.03 Å². The van der Waals surface area contributed by atoms with Crippen molar-refractivity contribution in [3.8, 4) is 0 Å². The number of nitrogens with one attached hydrogen (secondary N) is 1. The van der Waals surface area contributed by atoms with Gasteiger partial charge in [0.15, 0.2) is 0 Å². The van der Waals surface area contributed by atoms with E-state index >= 15 is 0 Å². The zero-order chi connectivity index (χ0) is 18.0. The highest BCUT2D eigenvalue weighted by Crippen LogP contribution is 2.30. The summed E-state index contributed by atoms with van der Waals surface area (Å²) in [5.41, 5.74) is 1.08. The molecule has 0 aromatic heterocycles. The van der Waals surface area contributed by atoms with E-state index in [0.29, 0.717) is 0 Å². The summed E-state index contributed by atoms with van der Waals surface area (Å²) in [4.78, 5) is 26.6. The first-order chi connectivity index (χ1) is 11.9. The van der Waals surface area contributed by atoms with Crippen molar-refractivity contribution in [1.82, 2.24) is 5.32 Å². The van der Waals surface area contributed by atoms with Crippen LogP contribution in [0.1, 0.15) is 39.5 Å². The lowest BCUT2D eigenvalue weighted by Gasteiger charge is -2.35. The Kier molecular flexibility index (Phi) is 5.25. The summed E-state index contributed by atoms with van der Waals surface area (Å²) in [6, 6.07) is 4.45. The van der Waals surface area contributed by atoms with Gasteiger partial charge in [-0.1, -0.05) is 13.8 Å². The number of hydrogen-bond acceptors (Lipinski definition) is 3. The largest absolute Gasteiger partial charge is 0.371 e. The van der Waals surface area contributed by atoms with Crippen molar-refractivity contribution in [2.45, 2.75) is 39.5 Å². The molecular weight excluding hydrogens is 321 g/mol. The third-order valence-electron chi connectivity index (χ3n) is 5.06. The van der Waals surface area contributed by atoms with Gasteiger partial charge in [0.05, 0.1) is 5.69 Å². The van der Waals surface area contributed by atoms with Gasteiger partial charge < -0.3 is 4.90 Å². The van der Waals surface area contributed by atoms with Crippen molar-refractivity contribution in [2.75, 3.05) is 29.4 Å². The molecule has 25 heavy (non-hydrogen) atoms. The topological polar surface area (TPSA) is 52.6 Å². The molecule has 2 saturated heterocycles. The predicted molar refractivity (Wildman–Crippen MR) is 96.3 cm³/mol. The van der Waals surface area contributed by atoms with Crippen LogP contribution in [0.5, 0.6) is 0 Å². The molecule has 0 saturated carbocycles. The van der Waals surface area contributed by atoms with E-state index in [1.165, 1.54) is 17.4 Å². The van der Waals surface area contributed by atoms with Crippen molar-refractivity contribution in [1.29, 1.82) is 0 Å². The second-order valence-electron chi connectivity index (χ2n) is 7.45. The molecule has 1 aromatic rings. The second-order valence-corrected chi connectivity index (χ2v) is 7.45. The average Bonchev–Trinajstić information content (AvgIpc) is 2.56. The van der Waals surface area contributed by atoms with Gasteiger partial charge in [-0.05, 0) is 49.3 Å². The van der Waals surface area contributed by atoms with E-state index in [4.69, 9.17) is 0 Å². The fourth-order valence-corrected chi connectivity index (χ4v) is 3.80.